The minimum Gasteiger partial charge on any atom is -0.444 e. The van der Waals surface area contributed by atoms with Gasteiger partial charge in [0.2, 0.25) is 0 Å². The SMILES string of the molecule is C=C(/C1=C\[C@@H](C)CN(C(=O)OC(C)(C)C)CCC1)C(C)CC. The van der Waals surface area contributed by atoms with Gasteiger partial charge in [0.05, 0.1) is 0 Å². The Labute approximate surface area is 136 Å². The third kappa shape index (κ3) is 5.86. The molecule has 1 aliphatic rings. The van der Waals surface area contributed by atoms with Crippen LogP contribution in [0, 0.1) is 11.8 Å². The zero-order chi connectivity index (χ0) is 16.9. The molecule has 0 saturated carbocycles. The third-order valence-electron chi connectivity index (χ3n) is 4.14. The highest BCUT2D eigenvalue weighted by molar-refractivity contribution is 5.68. The summed E-state index contributed by atoms with van der Waals surface area (Å²) in [4.78, 5) is 14.1. The minimum absolute atomic E-state index is 0.197. The molecule has 22 heavy (non-hydrogen) atoms. The van der Waals surface area contributed by atoms with Crippen molar-refractivity contribution < 1.29 is 9.53 Å². The van der Waals surface area contributed by atoms with Crippen molar-refractivity contribution in [1.29, 1.82) is 0 Å². The van der Waals surface area contributed by atoms with Crippen molar-refractivity contribution in [2.45, 2.75) is 66.4 Å². The van der Waals surface area contributed by atoms with Gasteiger partial charge in [-0.15, -0.1) is 0 Å². The van der Waals surface area contributed by atoms with Gasteiger partial charge in [0, 0.05) is 13.1 Å². The molecule has 0 radical (unpaired) electrons. The maximum Gasteiger partial charge on any atom is 0.410 e. The lowest BCUT2D eigenvalue weighted by atomic mass is 9.88. The second kappa shape index (κ2) is 7.85. The number of hydrogen-bond acceptors (Lipinski definition) is 2. The van der Waals surface area contributed by atoms with E-state index in [9.17, 15) is 4.79 Å². The number of hydrogen-bond donors (Lipinski definition) is 0. The van der Waals surface area contributed by atoms with E-state index in [2.05, 4.69) is 33.4 Å². The quantitative estimate of drug-likeness (QED) is 0.718. The lowest BCUT2D eigenvalue weighted by molar-refractivity contribution is 0.0229. The molecule has 0 bridgehead atoms. The number of carbonyl (C=O) groups excluding carboxylic acids is 1. The van der Waals surface area contributed by atoms with Gasteiger partial charge in [-0.2, -0.15) is 0 Å². The first-order chi connectivity index (χ1) is 10.1. The van der Waals surface area contributed by atoms with E-state index in [1.54, 1.807) is 0 Å². The first-order valence-corrected chi connectivity index (χ1v) is 8.51. The van der Waals surface area contributed by atoms with Gasteiger partial charge in [-0.05, 0) is 63.0 Å². The van der Waals surface area contributed by atoms with Crippen molar-refractivity contribution in [1.82, 2.24) is 4.90 Å². The van der Waals surface area contributed by atoms with E-state index in [0.717, 1.165) is 25.8 Å². The van der Waals surface area contributed by atoms with E-state index >= 15 is 0 Å². The van der Waals surface area contributed by atoms with Gasteiger partial charge in [-0.1, -0.05) is 33.4 Å². The second-order valence-electron chi connectivity index (χ2n) is 7.53. The fourth-order valence-corrected chi connectivity index (χ4v) is 2.70. The van der Waals surface area contributed by atoms with Crippen LogP contribution in [0.25, 0.3) is 0 Å². The largest absolute Gasteiger partial charge is 0.444 e. The summed E-state index contributed by atoms with van der Waals surface area (Å²) >= 11 is 0. The lowest BCUT2D eigenvalue weighted by Gasteiger charge is -2.31. The number of rotatable bonds is 3. The highest BCUT2D eigenvalue weighted by atomic mass is 16.6. The Morgan fingerprint density at radius 2 is 2.14 bits per heavy atom. The maximum atomic E-state index is 12.3. The number of allylic oxidation sites excluding steroid dienone is 2. The van der Waals surface area contributed by atoms with E-state index in [0.29, 0.717) is 18.4 Å². The molecular formula is C19H33NO2. The van der Waals surface area contributed by atoms with Crippen LogP contribution in [0.4, 0.5) is 4.79 Å². The summed E-state index contributed by atoms with van der Waals surface area (Å²) in [5.41, 5.74) is 2.21. The normalized spacial score (nSPS) is 23.8. The molecule has 0 fully saturated rings. The van der Waals surface area contributed by atoms with E-state index in [4.69, 9.17) is 4.74 Å². The smallest absolute Gasteiger partial charge is 0.410 e. The maximum absolute atomic E-state index is 12.3. The summed E-state index contributed by atoms with van der Waals surface area (Å²) in [7, 11) is 0. The van der Waals surface area contributed by atoms with Crippen LogP contribution in [0.15, 0.2) is 23.8 Å². The Bertz CT molecular complexity index is 431. The van der Waals surface area contributed by atoms with Gasteiger partial charge < -0.3 is 9.64 Å². The summed E-state index contributed by atoms with van der Waals surface area (Å²) < 4.78 is 5.50. The third-order valence-corrected chi connectivity index (χ3v) is 4.14. The van der Waals surface area contributed by atoms with Crippen LogP contribution in [0.5, 0.6) is 0 Å². The molecular weight excluding hydrogens is 274 g/mol. The molecule has 0 aromatic carbocycles. The molecule has 0 spiro atoms. The molecule has 0 aliphatic carbocycles. The van der Waals surface area contributed by atoms with Crippen molar-refractivity contribution in [3.05, 3.63) is 23.8 Å². The number of nitrogens with zero attached hydrogens (tertiary/aromatic N) is 1. The summed E-state index contributed by atoms with van der Waals surface area (Å²) in [6, 6.07) is 0. The molecule has 126 valence electrons. The molecule has 2 atom stereocenters. The molecule has 1 rings (SSSR count). The average Bonchev–Trinajstić information content (AvgIpc) is 2.38. The summed E-state index contributed by atoms with van der Waals surface area (Å²) in [5, 5.41) is 0. The zero-order valence-corrected chi connectivity index (χ0v) is 15.2. The Kier molecular flexibility index (Phi) is 6.70. The van der Waals surface area contributed by atoms with Gasteiger partial charge in [-0.3, -0.25) is 0 Å². The van der Waals surface area contributed by atoms with Crippen LogP contribution < -0.4 is 0 Å². The van der Waals surface area contributed by atoms with E-state index in [-0.39, 0.29) is 6.09 Å². The van der Waals surface area contributed by atoms with Crippen LogP contribution >= 0.6 is 0 Å². The fourth-order valence-electron chi connectivity index (χ4n) is 2.70. The number of amides is 1. The van der Waals surface area contributed by atoms with Crippen molar-refractivity contribution in [3.8, 4) is 0 Å². The summed E-state index contributed by atoms with van der Waals surface area (Å²) in [5.74, 6) is 0.850. The molecule has 0 aromatic rings. The van der Waals surface area contributed by atoms with Crippen molar-refractivity contribution in [2.24, 2.45) is 11.8 Å². The monoisotopic (exact) mass is 307 g/mol. The van der Waals surface area contributed by atoms with E-state index in [1.165, 1.54) is 11.1 Å². The number of ether oxygens (including phenoxy) is 1. The first kappa shape index (κ1) is 18.8. The molecule has 1 amide bonds. The van der Waals surface area contributed by atoms with Crippen molar-refractivity contribution >= 4 is 6.09 Å². The Morgan fingerprint density at radius 3 is 2.68 bits per heavy atom. The molecule has 3 nitrogen and oxygen atoms in total. The van der Waals surface area contributed by atoms with Crippen LogP contribution in [-0.4, -0.2) is 29.7 Å². The Morgan fingerprint density at radius 1 is 1.50 bits per heavy atom. The molecule has 1 unspecified atom stereocenters. The minimum atomic E-state index is -0.436. The lowest BCUT2D eigenvalue weighted by Crippen LogP contribution is -2.40. The molecule has 1 aliphatic heterocycles. The van der Waals surface area contributed by atoms with Gasteiger partial charge in [-0.25, -0.2) is 4.79 Å². The molecule has 0 aromatic heterocycles. The Hall–Kier alpha value is -1.25. The van der Waals surface area contributed by atoms with Crippen LogP contribution in [0.3, 0.4) is 0 Å². The highest BCUT2D eigenvalue weighted by Crippen LogP contribution is 2.27. The average molecular weight is 307 g/mol. The van der Waals surface area contributed by atoms with Gasteiger partial charge in [0.25, 0.3) is 0 Å². The highest BCUT2D eigenvalue weighted by Gasteiger charge is 2.24. The first-order valence-electron chi connectivity index (χ1n) is 8.51. The standard InChI is InChI=1S/C19H33NO2/c1-8-15(3)16(4)17-10-9-11-20(13-14(2)12-17)18(21)22-19(5,6)7/h12,14-15H,4,8-11,13H2,1-3,5-7H3/b17-12-/t14-,15?/m1/s1. The molecule has 0 saturated heterocycles. The summed E-state index contributed by atoms with van der Waals surface area (Å²) in [6.07, 6.45) is 5.18. The Balaban J connectivity index is 2.76. The predicted molar refractivity (Wildman–Crippen MR) is 92.9 cm³/mol. The van der Waals surface area contributed by atoms with Crippen molar-refractivity contribution in [2.75, 3.05) is 13.1 Å². The van der Waals surface area contributed by atoms with Crippen LogP contribution in [-0.2, 0) is 4.74 Å². The van der Waals surface area contributed by atoms with Gasteiger partial charge >= 0.3 is 6.09 Å². The van der Waals surface area contributed by atoms with Crippen molar-refractivity contribution in [3.63, 3.8) is 0 Å². The predicted octanol–water partition coefficient (Wildman–Crippen LogP) is 5.18. The van der Waals surface area contributed by atoms with Crippen LogP contribution in [0.2, 0.25) is 0 Å². The van der Waals surface area contributed by atoms with Gasteiger partial charge in [0.1, 0.15) is 5.60 Å². The topological polar surface area (TPSA) is 29.5 Å². The molecule has 0 N–H and O–H groups in total. The van der Waals surface area contributed by atoms with Crippen LogP contribution in [0.1, 0.15) is 60.8 Å². The van der Waals surface area contributed by atoms with E-state index in [1.807, 2.05) is 25.7 Å². The molecule has 1 heterocycles. The fraction of sp³-hybridized carbons (Fsp3) is 0.737. The second-order valence-corrected chi connectivity index (χ2v) is 7.53. The van der Waals surface area contributed by atoms with Gasteiger partial charge in [0.15, 0.2) is 0 Å². The number of carbonyl (C=O) groups is 1. The zero-order valence-electron chi connectivity index (χ0n) is 15.2. The van der Waals surface area contributed by atoms with E-state index < -0.39 is 5.60 Å². The summed E-state index contributed by atoms with van der Waals surface area (Å²) in [6.45, 7) is 18.1. The molecule has 3 heteroatoms.